The van der Waals surface area contributed by atoms with E-state index in [1.807, 2.05) is 6.26 Å². The molecule has 5 nitrogen and oxygen atoms in total. The molecular formula is C12H13N3O2S. The van der Waals surface area contributed by atoms with Crippen LogP contribution in [-0.4, -0.2) is 28.5 Å². The third-order valence-electron chi connectivity index (χ3n) is 2.61. The summed E-state index contributed by atoms with van der Waals surface area (Å²) in [5.41, 5.74) is 1.00. The molecule has 2 rings (SSSR count). The van der Waals surface area contributed by atoms with Gasteiger partial charge in [0.2, 0.25) is 0 Å². The number of rotatable bonds is 5. The zero-order valence-corrected chi connectivity index (χ0v) is 10.7. The number of thioether (sulfide) groups is 1. The molecule has 0 atom stereocenters. The maximum Gasteiger partial charge on any atom is 0.277 e. The van der Waals surface area contributed by atoms with E-state index in [0.717, 1.165) is 23.4 Å². The largest absolute Gasteiger partial charge is 0.384 e. The molecule has 0 spiro atoms. The van der Waals surface area contributed by atoms with Gasteiger partial charge in [0.1, 0.15) is 0 Å². The lowest BCUT2D eigenvalue weighted by atomic mass is 10.1. The van der Waals surface area contributed by atoms with Gasteiger partial charge >= 0.3 is 0 Å². The number of nitro benzene ring substituents is 1. The Morgan fingerprint density at radius 2 is 2.22 bits per heavy atom. The molecule has 0 bridgehead atoms. The number of anilines is 1. The summed E-state index contributed by atoms with van der Waals surface area (Å²) >= 11 is 1.75. The first-order chi connectivity index (χ1) is 8.74. The van der Waals surface area contributed by atoms with Crippen LogP contribution < -0.4 is 5.32 Å². The maximum atomic E-state index is 10.9. The van der Waals surface area contributed by atoms with Gasteiger partial charge in [0.15, 0.2) is 0 Å². The first-order valence-corrected chi connectivity index (χ1v) is 6.87. The van der Waals surface area contributed by atoms with E-state index in [4.69, 9.17) is 0 Å². The third-order valence-corrected chi connectivity index (χ3v) is 3.23. The number of nitrogens with zero attached hydrogens (tertiary/aromatic N) is 2. The van der Waals surface area contributed by atoms with Gasteiger partial charge in [-0.25, -0.2) is 0 Å². The minimum atomic E-state index is -0.367. The Morgan fingerprint density at radius 3 is 2.94 bits per heavy atom. The van der Waals surface area contributed by atoms with Gasteiger partial charge < -0.3 is 5.32 Å². The monoisotopic (exact) mass is 263 g/mol. The lowest BCUT2D eigenvalue weighted by molar-refractivity contribution is -0.383. The summed E-state index contributed by atoms with van der Waals surface area (Å²) in [4.78, 5) is 14.6. The van der Waals surface area contributed by atoms with E-state index in [-0.39, 0.29) is 10.6 Å². The van der Waals surface area contributed by atoms with E-state index in [2.05, 4.69) is 10.3 Å². The first kappa shape index (κ1) is 12.6. The van der Waals surface area contributed by atoms with E-state index < -0.39 is 0 Å². The number of hydrogen-bond donors (Lipinski definition) is 1. The zero-order chi connectivity index (χ0) is 13.0. The molecule has 0 aliphatic carbocycles. The van der Waals surface area contributed by atoms with Gasteiger partial charge in [-0.1, -0.05) is 0 Å². The summed E-state index contributed by atoms with van der Waals surface area (Å²) in [6.45, 7) is 0.822. The van der Waals surface area contributed by atoms with Gasteiger partial charge in [0.25, 0.3) is 5.69 Å². The molecule has 0 aliphatic rings. The average molecular weight is 263 g/mol. The number of nitrogens with one attached hydrogen (secondary N) is 1. The molecule has 18 heavy (non-hydrogen) atoms. The van der Waals surface area contributed by atoms with Crippen LogP contribution in [0.4, 0.5) is 11.4 Å². The summed E-state index contributed by atoms with van der Waals surface area (Å²) < 4.78 is 0. The number of pyridine rings is 1. The molecule has 2 aromatic rings. The van der Waals surface area contributed by atoms with Gasteiger partial charge in [-0.2, -0.15) is 11.8 Å². The second-order valence-electron chi connectivity index (χ2n) is 3.73. The Labute approximate surface area is 109 Å². The molecule has 1 aromatic heterocycles. The second-order valence-corrected chi connectivity index (χ2v) is 4.72. The number of benzene rings is 1. The minimum Gasteiger partial charge on any atom is -0.384 e. The molecule has 6 heteroatoms. The lowest BCUT2D eigenvalue weighted by Crippen LogP contribution is -2.04. The van der Waals surface area contributed by atoms with Crippen LogP contribution in [0, 0.1) is 10.1 Å². The molecule has 1 N–H and O–H groups in total. The van der Waals surface area contributed by atoms with Gasteiger partial charge in [-0.05, 0) is 18.4 Å². The van der Waals surface area contributed by atoms with Crippen molar-refractivity contribution in [1.29, 1.82) is 0 Å². The highest BCUT2D eigenvalue weighted by atomic mass is 32.2. The number of nitro groups is 1. The maximum absolute atomic E-state index is 10.9. The van der Waals surface area contributed by atoms with Crippen molar-refractivity contribution in [2.75, 3.05) is 23.9 Å². The highest BCUT2D eigenvalue weighted by molar-refractivity contribution is 7.98. The van der Waals surface area contributed by atoms with Crippen molar-refractivity contribution in [3.8, 4) is 0 Å². The van der Waals surface area contributed by atoms with Gasteiger partial charge in [-0.3, -0.25) is 15.1 Å². The summed E-state index contributed by atoms with van der Waals surface area (Å²) in [6, 6.07) is 4.94. The topological polar surface area (TPSA) is 68.1 Å². The molecule has 0 aliphatic heterocycles. The quantitative estimate of drug-likeness (QED) is 0.510. The van der Waals surface area contributed by atoms with Crippen molar-refractivity contribution in [3.05, 3.63) is 40.7 Å². The predicted molar refractivity (Wildman–Crippen MR) is 75.3 cm³/mol. The molecule has 1 aromatic carbocycles. The van der Waals surface area contributed by atoms with Gasteiger partial charge in [0.05, 0.1) is 10.3 Å². The van der Waals surface area contributed by atoms with Crippen molar-refractivity contribution >= 4 is 33.9 Å². The van der Waals surface area contributed by atoms with E-state index in [0.29, 0.717) is 5.39 Å². The van der Waals surface area contributed by atoms with Gasteiger partial charge in [0, 0.05) is 41.8 Å². The molecule has 0 saturated carbocycles. The lowest BCUT2D eigenvalue weighted by Gasteiger charge is -2.09. The Kier molecular flexibility index (Phi) is 3.99. The minimum absolute atomic E-state index is 0.114. The van der Waals surface area contributed by atoms with Crippen molar-refractivity contribution in [2.24, 2.45) is 0 Å². The van der Waals surface area contributed by atoms with Crippen LogP contribution in [0.2, 0.25) is 0 Å². The fraction of sp³-hybridized carbons (Fsp3) is 0.250. The van der Waals surface area contributed by atoms with Crippen molar-refractivity contribution in [1.82, 2.24) is 4.98 Å². The van der Waals surface area contributed by atoms with Crippen LogP contribution >= 0.6 is 11.8 Å². The van der Waals surface area contributed by atoms with Gasteiger partial charge in [-0.15, -0.1) is 0 Å². The standard InChI is InChI=1S/C12H13N3O2S/c1-18-7-6-14-11-2-3-12(15(16)17)9-4-5-13-8-10(9)11/h2-5,8,14H,6-7H2,1H3. The van der Waals surface area contributed by atoms with E-state index >= 15 is 0 Å². The SMILES string of the molecule is CSCCNc1ccc([N+](=O)[O-])c2ccncc12. The van der Waals surface area contributed by atoms with Crippen molar-refractivity contribution in [2.45, 2.75) is 0 Å². The molecular weight excluding hydrogens is 250 g/mol. The number of fused-ring (bicyclic) bond motifs is 1. The smallest absolute Gasteiger partial charge is 0.277 e. The Bertz CT molecular complexity index is 574. The Hall–Kier alpha value is -1.82. The average Bonchev–Trinajstić information content (AvgIpc) is 2.38. The number of hydrogen-bond acceptors (Lipinski definition) is 5. The van der Waals surface area contributed by atoms with E-state index in [9.17, 15) is 10.1 Å². The summed E-state index contributed by atoms with van der Waals surface area (Å²) in [6.07, 6.45) is 5.27. The molecule has 0 radical (unpaired) electrons. The van der Waals surface area contributed by atoms with E-state index in [1.165, 1.54) is 6.07 Å². The Balaban J connectivity index is 2.44. The van der Waals surface area contributed by atoms with Crippen LogP contribution in [0.15, 0.2) is 30.6 Å². The van der Waals surface area contributed by atoms with Crippen LogP contribution in [0.3, 0.4) is 0 Å². The number of non-ortho nitro benzene ring substituents is 1. The first-order valence-electron chi connectivity index (χ1n) is 5.48. The fourth-order valence-corrected chi connectivity index (χ4v) is 2.08. The van der Waals surface area contributed by atoms with Crippen LogP contribution in [0.5, 0.6) is 0 Å². The molecule has 0 fully saturated rings. The molecule has 0 unspecified atom stereocenters. The van der Waals surface area contributed by atoms with Crippen LogP contribution in [0.1, 0.15) is 0 Å². The van der Waals surface area contributed by atoms with Crippen LogP contribution in [0.25, 0.3) is 10.8 Å². The Morgan fingerprint density at radius 1 is 1.39 bits per heavy atom. The molecule has 0 saturated heterocycles. The fourth-order valence-electron chi connectivity index (χ4n) is 1.78. The summed E-state index contributed by atoms with van der Waals surface area (Å²) in [7, 11) is 0. The predicted octanol–water partition coefficient (Wildman–Crippen LogP) is 2.92. The number of aromatic nitrogens is 1. The van der Waals surface area contributed by atoms with Crippen LogP contribution in [-0.2, 0) is 0 Å². The zero-order valence-electron chi connectivity index (χ0n) is 9.92. The normalized spacial score (nSPS) is 10.5. The van der Waals surface area contributed by atoms with E-state index in [1.54, 1.807) is 36.3 Å². The van der Waals surface area contributed by atoms with Crippen molar-refractivity contribution < 1.29 is 4.92 Å². The van der Waals surface area contributed by atoms with Crippen molar-refractivity contribution in [3.63, 3.8) is 0 Å². The summed E-state index contributed by atoms with van der Waals surface area (Å²) in [5.74, 6) is 0.985. The third kappa shape index (κ3) is 2.53. The second kappa shape index (κ2) is 5.68. The highest BCUT2D eigenvalue weighted by Gasteiger charge is 2.13. The highest BCUT2D eigenvalue weighted by Crippen LogP contribution is 2.30. The molecule has 1 heterocycles. The molecule has 0 amide bonds. The summed E-state index contributed by atoms with van der Waals surface area (Å²) in [5, 5.41) is 15.6. The molecule has 94 valence electrons.